The van der Waals surface area contributed by atoms with Gasteiger partial charge >= 0.3 is 5.97 Å². The number of nitrogen functional groups attached to an aromatic ring is 1. The lowest BCUT2D eigenvalue weighted by molar-refractivity contribution is -0.144. The highest BCUT2D eigenvalue weighted by Crippen LogP contribution is 2.32. The molecular weight excluding hydrogens is 392 g/mol. The number of benzene rings is 2. The van der Waals surface area contributed by atoms with Gasteiger partial charge in [0.25, 0.3) is 5.91 Å². The summed E-state index contributed by atoms with van der Waals surface area (Å²) in [4.78, 5) is 24.3. The van der Waals surface area contributed by atoms with Gasteiger partial charge in [-0.15, -0.1) is 11.8 Å². The zero-order valence-electron chi connectivity index (χ0n) is 16.2. The van der Waals surface area contributed by atoms with Crippen molar-refractivity contribution in [2.24, 2.45) is 11.5 Å². The second kappa shape index (κ2) is 10.4. The van der Waals surface area contributed by atoms with Gasteiger partial charge in [-0.3, -0.25) is 10.2 Å². The monoisotopic (exact) mass is 416 g/mol. The number of esters is 1. The number of thioether (sulfide) groups is 1. The molecule has 0 saturated heterocycles. The predicted molar refractivity (Wildman–Crippen MR) is 113 cm³/mol. The van der Waals surface area contributed by atoms with E-state index < -0.39 is 17.9 Å². The number of amides is 1. The van der Waals surface area contributed by atoms with Crippen molar-refractivity contribution < 1.29 is 19.1 Å². The van der Waals surface area contributed by atoms with Crippen LogP contribution in [0.1, 0.15) is 24.1 Å². The Balaban J connectivity index is 2.32. The second-order valence-electron chi connectivity index (χ2n) is 5.99. The maximum absolute atomic E-state index is 12.6. The first kappa shape index (κ1) is 22.1. The number of primary amides is 1. The fourth-order valence-electron chi connectivity index (χ4n) is 2.55. The second-order valence-corrected chi connectivity index (χ2v) is 6.83. The van der Waals surface area contributed by atoms with Crippen molar-refractivity contribution >= 4 is 35.2 Å². The van der Waals surface area contributed by atoms with Crippen molar-refractivity contribution in [1.82, 2.24) is 0 Å². The van der Waals surface area contributed by atoms with E-state index in [0.717, 1.165) is 4.90 Å². The van der Waals surface area contributed by atoms with Crippen molar-refractivity contribution in [2.45, 2.75) is 17.9 Å². The van der Waals surface area contributed by atoms with Gasteiger partial charge < -0.3 is 26.3 Å². The summed E-state index contributed by atoms with van der Waals surface area (Å²) >= 11 is 1.42. The van der Waals surface area contributed by atoms with Crippen molar-refractivity contribution in [3.63, 3.8) is 0 Å². The number of nitrogens with one attached hydrogen (secondary N) is 2. The fraction of sp³-hybridized carbons (Fsp3) is 0.250. The predicted octanol–water partition coefficient (Wildman–Crippen LogP) is 2.27. The van der Waals surface area contributed by atoms with E-state index in [1.54, 1.807) is 49.4 Å². The van der Waals surface area contributed by atoms with Gasteiger partial charge in [-0.1, -0.05) is 6.07 Å². The van der Waals surface area contributed by atoms with Crippen LogP contribution in [0.25, 0.3) is 0 Å². The van der Waals surface area contributed by atoms with Gasteiger partial charge in [0.1, 0.15) is 11.6 Å². The summed E-state index contributed by atoms with van der Waals surface area (Å²) in [5, 5.41) is 10.6. The Kier molecular flexibility index (Phi) is 7.90. The standard InChI is InChI=1S/C20H24N4O4S/c1-3-27-20(26)18(24-14-7-4-12(5-8-14)19(22)23)13-6-9-15(16(10-13)29-2)28-11-17(21)25/h4-10,18,24H,3,11H2,1-2H3,(H2,21,25)(H3,22,23). The van der Waals surface area contributed by atoms with Crippen LogP contribution in [-0.4, -0.2) is 37.2 Å². The van der Waals surface area contributed by atoms with Crippen LogP contribution >= 0.6 is 11.8 Å². The topological polar surface area (TPSA) is 141 Å². The Hall–Kier alpha value is -3.20. The summed E-state index contributed by atoms with van der Waals surface area (Å²) in [5.41, 5.74) is 12.6. The number of carbonyl (C=O) groups is 2. The Labute approximate surface area is 173 Å². The van der Waals surface area contributed by atoms with E-state index >= 15 is 0 Å². The van der Waals surface area contributed by atoms with Gasteiger partial charge in [-0.25, -0.2) is 4.79 Å². The van der Waals surface area contributed by atoms with E-state index in [-0.39, 0.29) is 19.0 Å². The summed E-state index contributed by atoms with van der Waals surface area (Å²) in [7, 11) is 0. The van der Waals surface area contributed by atoms with Crippen LogP contribution < -0.4 is 21.5 Å². The van der Waals surface area contributed by atoms with E-state index in [0.29, 0.717) is 22.6 Å². The number of amidine groups is 1. The molecule has 6 N–H and O–H groups in total. The van der Waals surface area contributed by atoms with Crippen LogP contribution in [0.5, 0.6) is 5.75 Å². The normalized spacial score (nSPS) is 11.4. The molecule has 0 heterocycles. The third-order valence-electron chi connectivity index (χ3n) is 3.92. The maximum Gasteiger partial charge on any atom is 0.333 e. The average Bonchev–Trinajstić information content (AvgIpc) is 2.70. The number of nitrogens with two attached hydrogens (primary N) is 2. The highest BCUT2D eigenvalue weighted by atomic mass is 32.2. The minimum atomic E-state index is -0.755. The zero-order valence-corrected chi connectivity index (χ0v) is 17.0. The number of carbonyl (C=O) groups excluding carboxylic acids is 2. The molecule has 0 spiro atoms. The summed E-state index contributed by atoms with van der Waals surface area (Å²) in [6.45, 7) is 1.76. The smallest absolute Gasteiger partial charge is 0.333 e. The molecule has 154 valence electrons. The third-order valence-corrected chi connectivity index (χ3v) is 4.68. The molecule has 0 aliphatic rings. The Bertz CT molecular complexity index is 887. The number of hydrogen-bond donors (Lipinski definition) is 4. The molecule has 1 atom stereocenters. The lowest BCUT2D eigenvalue weighted by Crippen LogP contribution is -2.24. The van der Waals surface area contributed by atoms with Gasteiger partial charge in [0.2, 0.25) is 0 Å². The molecule has 1 unspecified atom stereocenters. The van der Waals surface area contributed by atoms with E-state index in [2.05, 4.69) is 5.32 Å². The quantitative estimate of drug-likeness (QED) is 0.201. The third kappa shape index (κ3) is 6.15. The summed E-state index contributed by atoms with van der Waals surface area (Å²) in [5.74, 6) is -0.523. The SMILES string of the molecule is CCOC(=O)C(Nc1ccc(C(=N)N)cc1)c1ccc(OCC(N)=O)c(SC)c1. The van der Waals surface area contributed by atoms with Crippen molar-refractivity contribution in [3.05, 3.63) is 53.6 Å². The molecule has 0 aromatic heterocycles. The molecule has 8 nitrogen and oxygen atoms in total. The van der Waals surface area contributed by atoms with Gasteiger partial charge in [0.05, 0.1) is 6.61 Å². The maximum atomic E-state index is 12.6. The van der Waals surface area contributed by atoms with E-state index in [4.69, 9.17) is 26.4 Å². The molecule has 0 radical (unpaired) electrons. The van der Waals surface area contributed by atoms with Crippen molar-refractivity contribution in [1.29, 1.82) is 5.41 Å². The Morgan fingerprint density at radius 1 is 1.17 bits per heavy atom. The van der Waals surface area contributed by atoms with E-state index in [1.807, 2.05) is 6.26 Å². The molecule has 2 aromatic carbocycles. The summed E-state index contributed by atoms with van der Waals surface area (Å²) in [6, 6.07) is 11.3. The highest BCUT2D eigenvalue weighted by molar-refractivity contribution is 7.98. The first-order valence-corrected chi connectivity index (χ1v) is 10.0. The fourth-order valence-corrected chi connectivity index (χ4v) is 3.13. The van der Waals surface area contributed by atoms with Crippen LogP contribution in [-0.2, 0) is 14.3 Å². The van der Waals surface area contributed by atoms with E-state index in [1.165, 1.54) is 11.8 Å². The Morgan fingerprint density at radius 3 is 2.41 bits per heavy atom. The molecule has 0 bridgehead atoms. The van der Waals surface area contributed by atoms with Gasteiger partial charge in [-0.05, 0) is 55.1 Å². The molecule has 1 amide bonds. The van der Waals surface area contributed by atoms with Gasteiger partial charge in [0.15, 0.2) is 12.6 Å². The average molecular weight is 417 g/mol. The largest absolute Gasteiger partial charge is 0.483 e. The number of ether oxygens (including phenoxy) is 2. The van der Waals surface area contributed by atoms with Crippen LogP contribution in [0.15, 0.2) is 47.4 Å². The lowest BCUT2D eigenvalue weighted by atomic mass is 10.1. The molecule has 2 rings (SSSR count). The molecule has 0 fully saturated rings. The minimum Gasteiger partial charge on any atom is -0.483 e. The highest BCUT2D eigenvalue weighted by Gasteiger charge is 2.23. The van der Waals surface area contributed by atoms with Crippen molar-refractivity contribution in [2.75, 3.05) is 24.8 Å². The number of hydrogen-bond acceptors (Lipinski definition) is 7. The van der Waals surface area contributed by atoms with Crippen LogP contribution in [0, 0.1) is 5.41 Å². The first-order valence-electron chi connectivity index (χ1n) is 8.82. The lowest BCUT2D eigenvalue weighted by Gasteiger charge is -2.20. The minimum absolute atomic E-state index is 0.0327. The molecule has 2 aromatic rings. The van der Waals surface area contributed by atoms with Crippen molar-refractivity contribution in [3.8, 4) is 5.75 Å². The first-order chi connectivity index (χ1) is 13.8. The Morgan fingerprint density at radius 2 is 1.86 bits per heavy atom. The van der Waals surface area contributed by atoms with Gasteiger partial charge in [-0.2, -0.15) is 0 Å². The summed E-state index contributed by atoms with van der Waals surface area (Å²) < 4.78 is 10.6. The number of anilines is 1. The summed E-state index contributed by atoms with van der Waals surface area (Å²) in [6.07, 6.45) is 1.86. The van der Waals surface area contributed by atoms with Crippen LogP contribution in [0.2, 0.25) is 0 Å². The molecule has 0 aliphatic carbocycles. The van der Waals surface area contributed by atoms with E-state index in [9.17, 15) is 9.59 Å². The molecule has 0 saturated carbocycles. The molecular formula is C20H24N4O4S. The zero-order chi connectivity index (χ0) is 21.4. The molecule has 0 aliphatic heterocycles. The molecule has 29 heavy (non-hydrogen) atoms. The molecule has 9 heteroatoms. The number of rotatable bonds is 10. The van der Waals surface area contributed by atoms with Crippen LogP contribution in [0.3, 0.4) is 0 Å². The van der Waals surface area contributed by atoms with Gasteiger partial charge in [0, 0.05) is 16.1 Å². The van der Waals surface area contributed by atoms with Crippen LogP contribution in [0.4, 0.5) is 5.69 Å².